The number of carbonyl (C=O) groups is 4. The van der Waals surface area contributed by atoms with Crippen LogP contribution >= 0.6 is 0 Å². The van der Waals surface area contributed by atoms with Gasteiger partial charge in [0.1, 0.15) is 23.7 Å². The molecule has 4 fully saturated rings. The molecule has 8 rings (SSSR count). The quantitative estimate of drug-likeness (QED) is 0.178. The molecule has 8 atom stereocenters. The highest BCUT2D eigenvalue weighted by Gasteiger charge is 2.57. The molecule has 290 valence electrons. The maximum absolute atomic E-state index is 13.8. The van der Waals surface area contributed by atoms with Crippen LogP contribution in [0.5, 0.6) is 0 Å². The summed E-state index contributed by atoms with van der Waals surface area (Å²) in [6.45, 7) is 7.55. The average molecular weight is 759 g/mol. The first-order valence-electron chi connectivity index (χ1n) is 19.3. The summed E-state index contributed by atoms with van der Waals surface area (Å²) in [5.74, 6) is 13.8. The van der Waals surface area contributed by atoms with E-state index in [0.29, 0.717) is 17.7 Å². The van der Waals surface area contributed by atoms with Crippen LogP contribution in [0.2, 0.25) is 0 Å². The molecular weight excluding hydrogens is 713 g/mol. The number of aromatic nitrogens is 4. The number of likely N-dealkylation sites (tertiary alicyclic amines) is 2. The van der Waals surface area contributed by atoms with E-state index in [1.807, 2.05) is 73.9 Å². The number of hydrogen-bond acceptors (Lipinski definition) is 7. The number of alkyl carbamates (subject to hydrolysis) is 1. The van der Waals surface area contributed by atoms with E-state index in [2.05, 4.69) is 39.0 Å². The zero-order chi connectivity index (χ0) is 39.6. The van der Waals surface area contributed by atoms with Crippen LogP contribution in [0, 0.1) is 47.4 Å². The molecule has 2 aromatic heterocycles. The predicted molar refractivity (Wildman–Crippen MR) is 207 cm³/mol. The van der Waals surface area contributed by atoms with Crippen LogP contribution < -0.4 is 5.32 Å². The molecule has 4 aromatic rings. The number of nitrogens with one attached hydrogen (secondary N) is 3. The van der Waals surface area contributed by atoms with Crippen LogP contribution in [0.15, 0.2) is 36.4 Å². The Morgan fingerprint density at radius 1 is 0.804 bits per heavy atom. The lowest BCUT2D eigenvalue weighted by Crippen LogP contribution is -2.52. The number of hydrogen-bond donors (Lipinski definition) is 4. The third-order valence-electron chi connectivity index (χ3n) is 11.8. The summed E-state index contributed by atoms with van der Waals surface area (Å²) in [4.78, 5) is 72.9. The minimum atomic E-state index is -1.12. The number of amides is 4. The molecule has 0 unspecified atom stereocenters. The third kappa shape index (κ3) is 6.78. The van der Waals surface area contributed by atoms with Gasteiger partial charge < -0.3 is 34.9 Å². The van der Waals surface area contributed by atoms with Crippen molar-refractivity contribution in [3.05, 3.63) is 59.2 Å². The molecule has 0 radical (unpaired) electrons. The molecule has 14 heteroatoms. The van der Waals surface area contributed by atoms with Gasteiger partial charge in [-0.3, -0.25) is 14.5 Å². The fourth-order valence-electron chi connectivity index (χ4n) is 8.80. The number of rotatable bonds is 8. The Morgan fingerprint density at radius 3 is 1.75 bits per heavy atom. The molecule has 14 nitrogen and oxygen atoms in total. The number of piperidine rings is 2. The van der Waals surface area contributed by atoms with E-state index in [0.717, 1.165) is 69.6 Å². The molecule has 2 saturated heterocycles. The Hall–Kier alpha value is -6.02. The number of ether oxygens (including phenoxy) is 1. The molecule has 4 amide bonds. The standard InChI is InChI=1S/C42H46N8O6/c1-21(2)35(47-41(53)56-6)39(51)49-31-17-25(31)19-33(49)37-43-27-13-11-23(15-29(27)45-37)9-7-8-10-24-12-14-28-30(16-24)46-38(44-28)34-20-26-18-32(26)50(34)40(52)36(22(3)4)48(5)42(54)55/h11-16,21-22,25-26,31-36H,17-20H2,1-6H3,(H,43,45)(H,44,46)(H,47,53)(H,54,55)/t25-,26-,31-,32-,33+,34+,35+,36+/m1/s1. The fourth-order valence-corrected chi connectivity index (χ4v) is 8.80. The Labute approximate surface area is 324 Å². The van der Waals surface area contributed by atoms with E-state index in [1.54, 1.807) is 0 Å². The van der Waals surface area contributed by atoms with Gasteiger partial charge in [0, 0.05) is 30.3 Å². The summed E-state index contributed by atoms with van der Waals surface area (Å²) in [5, 5.41) is 12.4. The van der Waals surface area contributed by atoms with E-state index in [4.69, 9.17) is 14.7 Å². The van der Waals surface area contributed by atoms with Crippen molar-refractivity contribution < 1.29 is 29.0 Å². The number of nitrogens with zero attached hydrogens (tertiary/aromatic N) is 5. The van der Waals surface area contributed by atoms with Crippen LogP contribution in [0.4, 0.5) is 9.59 Å². The Morgan fingerprint density at radius 2 is 1.30 bits per heavy atom. The van der Waals surface area contributed by atoms with Gasteiger partial charge in [-0.2, -0.15) is 0 Å². The number of fused-ring (bicyclic) bond motifs is 4. The average Bonchev–Trinajstić information content (AvgIpc) is 3.83. The van der Waals surface area contributed by atoms with Crippen LogP contribution in [-0.2, 0) is 14.3 Å². The first kappa shape index (κ1) is 36.9. The number of aromatic amines is 2. The minimum Gasteiger partial charge on any atom is -0.465 e. The summed E-state index contributed by atoms with van der Waals surface area (Å²) in [7, 11) is 2.75. The largest absolute Gasteiger partial charge is 0.465 e. The lowest BCUT2D eigenvalue weighted by molar-refractivity contribution is -0.140. The van der Waals surface area contributed by atoms with E-state index in [9.17, 15) is 24.3 Å². The van der Waals surface area contributed by atoms with Crippen LogP contribution in [0.3, 0.4) is 0 Å². The van der Waals surface area contributed by atoms with Crippen molar-refractivity contribution in [2.75, 3.05) is 14.2 Å². The lowest BCUT2D eigenvalue weighted by Gasteiger charge is -2.35. The molecule has 2 aliphatic heterocycles. The highest BCUT2D eigenvalue weighted by molar-refractivity contribution is 5.88. The molecule has 2 saturated carbocycles. The number of likely N-dealkylation sites (N-methyl/N-ethyl adjacent to an activating group) is 1. The molecular formula is C42H46N8O6. The second kappa shape index (κ2) is 14.2. The zero-order valence-corrected chi connectivity index (χ0v) is 32.3. The number of H-pyrrole nitrogens is 2. The van der Waals surface area contributed by atoms with Gasteiger partial charge in [0.2, 0.25) is 11.8 Å². The SMILES string of the molecule is COC(=O)N[C@H](C(=O)N1[C@@H]2C[C@@H]2C[C@H]1c1nc2ccc(C#CC#Cc3ccc4nc([C@@H]5C[C@H]6C[C@H]6N5C(=O)[C@H](C(C)C)N(C)C(=O)O)[nH]c4c3)cc2[nH]1)C(C)C. The molecule has 4 heterocycles. The van der Waals surface area contributed by atoms with Gasteiger partial charge in [-0.25, -0.2) is 19.6 Å². The van der Waals surface area contributed by atoms with Crippen LogP contribution in [-0.4, -0.2) is 102 Å². The van der Waals surface area contributed by atoms with Gasteiger partial charge in [0.25, 0.3) is 0 Å². The first-order valence-corrected chi connectivity index (χ1v) is 19.3. The van der Waals surface area contributed by atoms with Crippen molar-refractivity contribution in [1.29, 1.82) is 0 Å². The summed E-state index contributed by atoms with van der Waals surface area (Å²) < 4.78 is 4.78. The Balaban J connectivity index is 0.963. The van der Waals surface area contributed by atoms with Crippen LogP contribution in [0.25, 0.3) is 22.1 Å². The third-order valence-corrected chi connectivity index (χ3v) is 11.8. The second-order valence-electron chi connectivity index (χ2n) is 16.3. The summed E-state index contributed by atoms with van der Waals surface area (Å²) in [6.07, 6.45) is 1.75. The fraction of sp³-hybridized carbons (Fsp3) is 0.476. The van der Waals surface area contributed by atoms with E-state index in [-0.39, 0.29) is 47.8 Å². The smallest absolute Gasteiger partial charge is 0.407 e. The number of imidazole rings is 2. The first-order chi connectivity index (χ1) is 26.8. The topological polar surface area (TPSA) is 177 Å². The monoisotopic (exact) mass is 758 g/mol. The van der Waals surface area contributed by atoms with Gasteiger partial charge in [0.05, 0.1) is 41.3 Å². The molecule has 2 aromatic carbocycles. The molecule has 4 aliphatic rings. The second-order valence-corrected chi connectivity index (χ2v) is 16.3. The number of methoxy groups -OCH3 is 1. The molecule has 4 N–H and O–H groups in total. The van der Waals surface area contributed by atoms with E-state index in [1.165, 1.54) is 14.2 Å². The number of benzene rings is 2. The summed E-state index contributed by atoms with van der Waals surface area (Å²) in [5.41, 5.74) is 4.68. The maximum Gasteiger partial charge on any atom is 0.407 e. The molecule has 0 bridgehead atoms. The minimum absolute atomic E-state index is 0.111. The Bertz CT molecular complexity index is 2380. The highest BCUT2D eigenvalue weighted by atomic mass is 16.5. The summed E-state index contributed by atoms with van der Waals surface area (Å²) in [6, 6.07) is 9.78. The number of carboxylic acid groups (broad SMARTS) is 1. The maximum atomic E-state index is 13.8. The van der Waals surface area contributed by atoms with Gasteiger partial charge in [-0.05, 0) is 97.6 Å². The molecule has 0 spiro atoms. The zero-order valence-electron chi connectivity index (χ0n) is 32.3. The van der Waals surface area contributed by atoms with Crippen molar-refractivity contribution in [3.63, 3.8) is 0 Å². The predicted octanol–water partition coefficient (Wildman–Crippen LogP) is 5.18. The van der Waals surface area contributed by atoms with Crippen LogP contribution in [0.1, 0.15) is 88.2 Å². The van der Waals surface area contributed by atoms with Crippen molar-refractivity contribution in [3.8, 4) is 23.7 Å². The number of carbonyl (C=O) groups excluding carboxylic acids is 3. The van der Waals surface area contributed by atoms with Crippen molar-refractivity contribution >= 4 is 46.1 Å². The van der Waals surface area contributed by atoms with E-state index < -0.39 is 24.3 Å². The molecule has 2 aliphatic carbocycles. The van der Waals surface area contributed by atoms with Gasteiger partial charge in [-0.15, -0.1) is 0 Å². The van der Waals surface area contributed by atoms with Gasteiger partial charge in [-0.1, -0.05) is 39.5 Å². The van der Waals surface area contributed by atoms with Crippen molar-refractivity contribution in [1.82, 2.24) is 40.0 Å². The summed E-state index contributed by atoms with van der Waals surface area (Å²) >= 11 is 0. The normalized spacial score (nSPS) is 24.1. The lowest BCUT2D eigenvalue weighted by atomic mass is 10.0. The van der Waals surface area contributed by atoms with Crippen molar-refractivity contribution in [2.24, 2.45) is 23.7 Å². The van der Waals surface area contributed by atoms with Crippen molar-refractivity contribution in [2.45, 2.75) is 89.6 Å². The van der Waals surface area contributed by atoms with Gasteiger partial charge >= 0.3 is 12.2 Å². The highest BCUT2D eigenvalue weighted by Crippen LogP contribution is 2.54. The molecule has 56 heavy (non-hydrogen) atoms. The van der Waals surface area contributed by atoms with E-state index >= 15 is 0 Å². The Kier molecular flexibility index (Phi) is 9.39. The van der Waals surface area contributed by atoms with Gasteiger partial charge in [0.15, 0.2) is 0 Å².